The third-order valence-electron chi connectivity index (χ3n) is 7.28. The molecule has 0 unspecified atom stereocenters. The number of nitrogens with zero attached hydrogens (tertiary/aromatic N) is 6. The first-order chi connectivity index (χ1) is 17.2. The summed E-state index contributed by atoms with van der Waals surface area (Å²) >= 11 is 0. The van der Waals surface area contributed by atoms with Crippen LogP contribution in [0.15, 0.2) is 42.5 Å². The Bertz CT molecular complexity index is 1120. The van der Waals surface area contributed by atoms with Gasteiger partial charge in [0.2, 0.25) is 0 Å². The van der Waals surface area contributed by atoms with Gasteiger partial charge in [0.25, 0.3) is 0 Å². The number of halogens is 1. The first kappa shape index (κ1) is 23.5. The number of aromatic nitrogens is 4. The van der Waals surface area contributed by atoms with Crippen LogP contribution in [0.4, 0.5) is 10.1 Å². The molecule has 2 aliphatic rings. The van der Waals surface area contributed by atoms with Crippen molar-refractivity contribution in [2.24, 2.45) is 0 Å². The van der Waals surface area contributed by atoms with Crippen molar-refractivity contribution in [3.8, 4) is 11.5 Å². The summed E-state index contributed by atoms with van der Waals surface area (Å²) in [5, 5.41) is 13.1. The van der Waals surface area contributed by atoms with Gasteiger partial charge in [-0.2, -0.15) is 0 Å². The van der Waals surface area contributed by atoms with Crippen LogP contribution in [0.5, 0.6) is 11.5 Å². The molecule has 8 nitrogen and oxygen atoms in total. The molecule has 0 spiro atoms. The van der Waals surface area contributed by atoms with Gasteiger partial charge >= 0.3 is 0 Å². The van der Waals surface area contributed by atoms with Crippen LogP contribution in [0, 0.1) is 5.82 Å². The van der Waals surface area contributed by atoms with Crippen LogP contribution >= 0.6 is 0 Å². The zero-order valence-corrected chi connectivity index (χ0v) is 20.4. The summed E-state index contributed by atoms with van der Waals surface area (Å²) in [7, 11) is 3.31. The zero-order chi connectivity index (χ0) is 24.2. The van der Waals surface area contributed by atoms with Gasteiger partial charge in [-0.25, -0.2) is 9.07 Å². The van der Waals surface area contributed by atoms with E-state index in [4.69, 9.17) is 9.47 Å². The van der Waals surface area contributed by atoms with Gasteiger partial charge < -0.3 is 14.4 Å². The van der Waals surface area contributed by atoms with Crippen molar-refractivity contribution < 1.29 is 13.9 Å². The summed E-state index contributed by atoms with van der Waals surface area (Å²) in [6.07, 6.45) is 5.82. The fourth-order valence-corrected chi connectivity index (χ4v) is 5.52. The summed E-state index contributed by atoms with van der Waals surface area (Å²) in [6.45, 7) is 2.87. The number of benzene rings is 2. The lowest BCUT2D eigenvalue weighted by atomic mass is 9.94. The Morgan fingerprint density at radius 1 is 0.914 bits per heavy atom. The Labute approximate surface area is 205 Å². The fourth-order valence-electron chi connectivity index (χ4n) is 5.52. The maximum Gasteiger partial charge on any atom is 0.173 e. The number of hydrogen-bond donors (Lipinski definition) is 0. The van der Waals surface area contributed by atoms with Gasteiger partial charge in [0.1, 0.15) is 11.9 Å². The molecule has 1 aromatic heterocycles. The number of anilines is 1. The minimum Gasteiger partial charge on any atom is -0.493 e. The Balaban J connectivity index is 1.50. The second-order valence-electron chi connectivity index (χ2n) is 9.23. The quantitative estimate of drug-likeness (QED) is 0.501. The Morgan fingerprint density at radius 2 is 1.69 bits per heavy atom. The largest absolute Gasteiger partial charge is 0.493 e. The maximum absolute atomic E-state index is 14.4. The molecule has 0 radical (unpaired) electrons. The topological polar surface area (TPSA) is 68.5 Å². The molecule has 1 saturated carbocycles. The summed E-state index contributed by atoms with van der Waals surface area (Å²) in [4.78, 5) is 4.48. The molecule has 9 heteroatoms. The molecule has 2 heterocycles. The van der Waals surface area contributed by atoms with Crippen LogP contribution in [-0.4, -0.2) is 65.5 Å². The van der Waals surface area contributed by atoms with E-state index < -0.39 is 0 Å². The van der Waals surface area contributed by atoms with Crippen LogP contribution < -0.4 is 14.4 Å². The van der Waals surface area contributed by atoms with Crippen LogP contribution in [0.25, 0.3) is 0 Å². The van der Waals surface area contributed by atoms with E-state index in [9.17, 15) is 4.39 Å². The second-order valence-corrected chi connectivity index (χ2v) is 9.23. The van der Waals surface area contributed by atoms with Gasteiger partial charge in [-0.1, -0.05) is 43.5 Å². The Hall–Kier alpha value is -3.20. The highest BCUT2D eigenvalue weighted by molar-refractivity contribution is 5.50. The fraction of sp³-hybridized carbons (Fsp3) is 0.500. The minimum absolute atomic E-state index is 0.187. The summed E-state index contributed by atoms with van der Waals surface area (Å²) < 4.78 is 27.9. The van der Waals surface area contributed by atoms with Gasteiger partial charge in [0, 0.05) is 31.7 Å². The molecular weight excluding hydrogens is 447 g/mol. The van der Waals surface area contributed by atoms with E-state index in [0.29, 0.717) is 36.3 Å². The zero-order valence-electron chi connectivity index (χ0n) is 20.4. The highest BCUT2D eigenvalue weighted by Gasteiger charge is 2.35. The molecule has 0 bridgehead atoms. The van der Waals surface area contributed by atoms with Gasteiger partial charge in [-0.15, -0.1) is 5.10 Å². The maximum atomic E-state index is 14.4. The first-order valence-corrected chi connectivity index (χ1v) is 12.4. The van der Waals surface area contributed by atoms with E-state index in [1.165, 1.54) is 25.3 Å². The lowest BCUT2D eigenvalue weighted by molar-refractivity contribution is 0.189. The van der Waals surface area contributed by atoms with Crippen LogP contribution in [0.2, 0.25) is 0 Å². The SMILES string of the molecule is COc1cccc([C@@H](c2nnnn2C2CCCCC2)N2CCN(c3ccccc3F)CC2)c1OC. The van der Waals surface area contributed by atoms with E-state index in [1.807, 2.05) is 28.9 Å². The number of methoxy groups -OCH3 is 2. The average molecular weight is 481 g/mol. The van der Waals surface area contributed by atoms with E-state index >= 15 is 0 Å². The molecule has 2 aromatic carbocycles. The number of para-hydroxylation sites is 2. The normalized spacial score (nSPS) is 18.4. The van der Waals surface area contributed by atoms with E-state index in [-0.39, 0.29) is 11.9 Å². The highest BCUT2D eigenvalue weighted by atomic mass is 19.1. The monoisotopic (exact) mass is 480 g/mol. The van der Waals surface area contributed by atoms with Crippen molar-refractivity contribution in [2.45, 2.75) is 44.2 Å². The van der Waals surface area contributed by atoms with Gasteiger partial charge in [0.15, 0.2) is 17.3 Å². The molecule has 2 fully saturated rings. The number of piperazine rings is 1. The Kier molecular flexibility index (Phi) is 7.13. The van der Waals surface area contributed by atoms with E-state index in [0.717, 1.165) is 37.3 Å². The predicted molar refractivity (Wildman–Crippen MR) is 132 cm³/mol. The summed E-state index contributed by atoms with van der Waals surface area (Å²) in [5.74, 6) is 2.00. The average Bonchev–Trinajstić information content (AvgIpc) is 3.39. The summed E-state index contributed by atoms with van der Waals surface area (Å²) in [5.41, 5.74) is 1.62. The second kappa shape index (κ2) is 10.6. The molecule has 186 valence electrons. The number of tetrazole rings is 1. The molecule has 1 saturated heterocycles. The van der Waals surface area contributed by atoms with Crippen LogP contribution in [0.3, 0.4) is 0 Å². The first-order valence-electron chi connectivity index (χ1n) is 12.4. The lowest BCUT2D eigenvalue weighted by Crippen LogP contribution is -2.48. The molecule has 1 aliphatic heterocycles. The molecule has 1 atom stereocenters. The smallest absolute Gasteiger partial charge is 0.173 e. The molecule has 0 amide bonds. The lowest BCUT2D eigenvalue weighted by Gasteiger charge is -2.40. The van der Waals surface area contributed by atoms with Crippen LogP contribution in [-0.2, 0) is 0 Å². The van der Waals surface area contributed by atoms with E-state index in [1.54, 1.807) is 20.3 Å². The molecule has 0 N–H and O–H groups in total. The Morgan fingerprint density at radius 3 is 2.40 bits per heavy atom. The molecule has 35 heavy (non-hydrogen) atoms. The highest BCUT2D eigenvalue weighted by Crippen LogP contribution is 2.41. The number of rotatable bonds is 7. The van der Waals surface area contributed by atoms with Gasteiger partial charge in [-0.05, 0) is 41.5 Å². The minimum atomic E-state index is -0.209. The van der Waals surface area contributed by atoms with E-state index in [2.05, 4.69) is 31.4 Å². The van der Waals surface area contributed by atoms with Gasteiger partial charge in [-0.3, -0.25) is 4.90 Å². The predicted octanol–water partition coefficient (Wildman–Crippen LogP) is 4.25. The number of hydrogen-bond acceptors (Lipinski definition) is 7. The van der Waals surface area contributed by atoms with Crippen molar-refractivity contribution in [3.63, 3.8) is 0 Å². The van der Waals surface area contributed by atoms with Gasteiger partial charge in [0.05, 0.1) is 25.9 Å². The third kappa shape index (κ3) is 4.69. The van der Waals surface area contributed by atoms with Crippen LogP contribution in [0.1, 0.15) is 55.6 Å². The number of ether oxygens (including phenoxy) is 2. The summed E-state index contributed by atoms with van der Waals surface area (Å²) in [6, 6.07) is 13.0. The van der Waals surface area contributed by atoms with Crippen molar-refractivity contribution in [3.05, 3.63) is 59.7 Å². The molecule has 1 aliphatic carbocycles. The standard InChI is InChI=1S/C26H33FN6O2/c1-34-23-14-8-11-20(25(23)35-2)24(26-28-29-30-33(26)19-9-4-3-5-10-19)32-17-15-31(16-18-32)22-13-7-6-12-21(22)27/h6-8,11-14,19,24H,3-5,9-10,15-18H2,1-2H3/t24-/m0/s1. The van der Waals surface area contributed by atoms with Crippen molar-refractivity contribution in [2.75, 3.05) is 45.3 Å². The van der Waals surface area contributed by atoms with Crippen molar-refractivity contribution >= 4 is 5.69 Å². The molecule has 5 rings (SSSR count). The molecular formula is C26H33FN6O2. The van der Waals surface area contributed by atoms with Crippen molar-refractivity contribution in [1.82, 2.24) is 25.1 Å². The third-order valence-corrected chi connectivity index (χ3v) is 7.28. The molecule has 3 aromatic rings. The van der Waals surface area contributed by atoms with Crippen molar-refractivity contribution in [1.29, 1.82) is 0 Å².